The molecule has 0 aliphatic carbocycles. The molecule has 2 aliphatic heterocycles. The molecule has 3 atom stereocenters. The van der Waals surface area contributed by atoms with Gasteiger partial charge in [0.2, 0.25) is 17.7 Å². The third kappa shape index (κ3) is 4.49. The number of nitrogens with one attached hydrogen (secondary N) is 1. The second-order valence-electron chi connectivity index (χ2n) is 9.48. The average molecular weight is 560 g/mol. The number of nitrogens with zero attached hydrogens (tertiary/aromatic N) is 2. The number of halogens is 1. The molecule has 0 radical (unpaired) electrons. The molecule has 196 valence electrons. The predicted octanol–water partition coefficient (Wildman–Crippen LogP) is 4.79. The monoisotopic (exact) mass is 559 g/mol. The van der Waals surface area contributed by atoms with Crippen LogP contribution in [0.25, 0.3) is 0 Å². The fourth-order valence-corrected chi connectivity index (χ4v) is 7.87. The van der Waals surface area contributed by atoms with Gasteiger partial charge in [0.05, 0.1) is 16.6 Å². The second-order valence-corrected chi connectivity index (χ2v) is 11.6. The van der Waals surface area contributed by atoms with E-state index in [-0.39, 0.29) is 29.1 Å². The van der Waals surface area contributed by atoms with Gasteiger partial charge in [0.25, 0.3) is 0 Å². The number of fused-ring (bicyclic) bond motifs is 2. The van der Waals surface area contributed by atoms with E-state index < -0.39 is 22.9 Å². The van der Waals surface area contributed by atoms with Gasteiger partial charge in [-0.05, 0) is 48.9 Å². The number of hydrogen-bond acceptors (Lipinski definition) is 6. The molecule has 10 heteroatoms. The van der Waals surface area contributed by atoms with Gasteiger partial charge in [-0.25, -0.2) is 9.29 Å². The van der Waals surface area contributed by atoms with Gasteiger partial charge in [0.15, 0.2) is 0 Å². The first kappa shape index (κ1) is 25.3. The molecule has 3 amide bonds. The average Bonchev–Trinajstić information content (AvgIpc) is 3.36. The van der Waals surface area contributed by atoms with Crippen molar-refractivity contribution in [1.82, 2.24) is 4.57 Å². The van der Waals surface area contributed by atoms with Crippen LogP contribution in [0.5, 0.6) is 0 Å². The first-order chi connectivity index (χ1) is 18.8. The summed E-state index contributed by atoms with van der Waals surface area (Å²) in [6.07, 6.45) is 0. The molecular weight excluding hydrogens is 537 g/mol. The number of aromatic nitrogens is 1. The normalized spacial score (nSPS) is 20.1. The van der Waals surface area contributed by atoms with E-state index in [1.54, 1.807) is 48.5 Å². The van der Waals surface area contributed by atoms with Crippen LogP contribution in [0, 0.1) is 18.7 Å². The molecule has 7 nitrogen and oxygen atoms in total. The number of amides is 3. The largest absolute Gasteiger partial charge is 0.325 e. The molecule has 0 spiro atoms. The topological polar surface area (TPSA) is 88.5 Å². The van der Waals surface area contributed by atoms with E-state index in [2.05, 4.69) is 5.32 Å². The quantitative estimate of drug-likeness (QED) is 0.355. The van der Waals surface area contributed by atoms with Gasteiger partial charge in [0.1, 0.15) is 17.6 Å². The molecule has 3 aromatic carbocycles. The molecule has 1 saturated heterocycles. The van der Waals surface area contributed by atoms with Gasteiger partial charge in [-0.2, -0.15) is 0 Å². The lowest BCUT2D eigenvalue weighted by Crippen LogP contribution is -2.33. The zero-order chi connectivity index (χ0) is 27.3. The van der Waals surface area contributed by atoms with Crippen LogP contribution >= 0.6 is 23.1 Å². The number of hydrogen-bond donors (Lipinski definition) is 1. The first-order valence-electron chi connectivity index (χ1n) is 12.3. The van der Waals surface area contributed by atoms with Crippen molar-refractivity contribution in [1.29, 1.82) is 0 Å². The summed E-state index contributed by atoms with van der Waals surface area (Å²) >= 11 is 2.10. The third-order valence-electron chi connectivity index (χ3n) is 6.93. The number of para-hydroxylation sites is 1. The van der Waals surface area contributed by atoms with Crippen molar-refractivity contribution in [3.05, 3.63) is 110 Å². The zero-order valence-corrected chi connectivity index (χ0v) is 22.3. The highest BCUT2D eigenvalue weighted by Gasteiger charge is 2.56. The van der Waals surface area contributed by atoms with Crippen molar-refractivity contribution in [3.63, 3.8) is 0 Å². The second kappa shape index (κ2) is 9.94. The number of thioether (sulfide) groups is 1. The molecule has 39 heavy (non-hydrogen) atoms. The standard InChI is InChI=1S/C29H22FN3O4S2/c1-16-7-13-20(14-8-16)33-26(35)23-22(17-9-11-18(30)12-10-17)25-28(38-24(23)27(33)36)32(29(37)39-25)15-21(34)31-19-5-3-2-4-6-19/h2-14,22-24H,15H2,1H3,(H,31,34)/t22-,23-,24+/m0/s1. The Hall–Kier alpha value is -4.02. The van der Waals surface area contributed by atoms with Crippen LogP contribution in [0.2, 0.25) is 0 Å². The van der Waals surface area contributed by atoms with E-state index in [1.807, 2.05) is 25.1 Å². The van der Waals surface area contributed by atoms with Gasteiger partial charge in [-0.1, -0.05) is 71.1 Å². The summed E-state index contributed by atoms with van der Waals surface area (Å²) < 4.78 is 15.2. The van der Waals surface area contributed by atoms with E-state index >= 15 is 0 Å². The Kier molecular flexibility index (Phi) is 6.44. The number of carbonyl (C=O) groups excluding carboxylic acids is 3. The Labute approximate surface area is 231 Å². The molecule has 4 aromatic rings. The lowest BCUT2D eigenvalue weighted by molar-refractivity contribution is -0.122. The van der Waals surface area contributed by atoms with Crippen molar-refractivity contribution < 1.29 is 18.8 Å². The van der Waals surface area contributed by atoms with E-state index in [4.69, 9.17) is 0 Å². The molecule has 0 unspecified atom stereocenters. The minimum absolute atomic E-state index is 0.246. The van der Waals surface area contributed by atoms with Crippen molar-refractivity contribution in [2.24, 2.45) is 5.92 Å². The molecule has 0 bridgehead atoms. The Morgan fingerprint density at radius 1 is 0.923 bits per heavy atom. The van der Waals surface area contributed by atoms with E-state index in [1.165, 1.54) is 21.6 Å². The number of thiazole rings is 1. The van der Waals surface area contributed by atoms with Crippen molar-refractivity contribution in [2.45, 2.75) is 29.7 Å². The number of benzene rings is 3. The van der Waals surface area contributed by atoms with Crippen molar-refractivity contribution in [2.75, 3.05) is 10.2 Å². The van der Waals surface area contributed by atoms with Crippen LogP contribution in [0.3, 0.4) is 0 Å². The van der Waals surface area contributed by atoms with Crippen molar-refractivity contribution in [3.8, 4) is 0 Å². The molecule has 1 fully saturated rings. The molecule has 6 rings (SSSR count). The lowest BCUT2D eigenvalue weighted by Gasteiger charge is -2.30. The Balaban J connectivity index is 1.42. The minimum atomic E-state index is -0.807. The van der Waals surface area contributed by atoms with Gasteiger partial charge in [-0.3, -0.25) is 23.7 Å². The van der Waals surface area contributed by atoms with Crippen LogP contribution < -0.4 is 15.1 Å². The lowest BCUT2D eigenvalue weighted by atomic mass is 9.83. The molecule has 2 aliphatic rings. The van der Waals surface area contributed by atoms with Crippen LogP contribution in [-0.2, 0) is 20.9 Å². The maximum Gasteiger partial charge on any atom is 0.308 e. The number of aryl methyl sites for hydroxylation is 1. The summed E-state index contributed by atoms with van der Waals surface area (Å²) in [5, 5.41) is 2.46. The van der Waals surface area contributed by atoms with Crippen LogP contribution in [0.15, 0.2) is 88.7 Å². The fraction of sp³-hybridized carbons (Fsp3) is 0.172. The summed E-state index contributed by atoms with van der Waals surface area (Å²) in [4.78, 5) is 55.0. The predicted molar refractivity (Wildman–Crippen MR) is 149 cm³/mol. The Morgan fingerprint density at radius 2 is 1.62 bits per heavy atom. The smallest absolute Gasteiger partial charge is 0.308 e. The zero-order valence-electron chi connectivity index (χ0n) is 20.7. The summed E-state index contributed by atoms with van der Waals surface area (Å²) in [6.45, 7) is 1.67. The van der Waals surface area contributed by atoms with E-state index in [0.29, 0.717) is 26.8 Å². The van der Waals surface area contributed by atoms with Crippen LogP contribution in [0.1, 0.15) is 21.9 Å². The number of carbonyl (C=O) groups is 3. The van der Waals surface area contributed by atoms with Gasteiger partial charge in [0, 0.05) is 16.5 Å². The summed E-state index contributed by atoms with van der Waals surface area (Å²) in [5.74, 6) is -2.99. The van der Waals surface area contributed by atoms with Crippen molar-refractivity contribution >= 4 is 52.2 Å². The summed E-state index contributed by atoms with van der Waals surface area (Å²) in [7, 11) is 0. The SMILES string of the molecule is Cc1ccc(N2C(=O)[C@H]3[C@H](c4ccc(F)cc4)c4sc(=O)n(CC(=O)Nc5ccccc5)c4S[C@H]3C2=O)cc1. The molecule has 0 saturated carbocycles. The number of imide groups is 1. The highest BCUT2D eigenvalue weighted by atomic mass is 32.2. The van der Waals surface area contributed by atoms with Crippen LogP contribution in [-0.4, -0.2) is 27.5 Å². The fourth-order valence-electron chi connectivity index (χ4n) is 5.10. The van der Waals surface area contributed by atoms with Gasteiger partial charge >= 0.3 is 4.87 Å². The maximum atomic E-state index is 13.8. The van der Waals surface area contributed by atoms with E-state index in [0.717, 1.165) is 28.7 Å². The molecule has 1 aromatic heterocycles. The van der Waals surface area contributed by atoms with Gasteiger partial charge in [-0.15, -0.1) is 0 Å². The first-order valence-corrected chi connectivity index (χ1v) is 14.0. The number of rotatable bonds is 5. The Morgan fingerprint density at radius 3 is 2.31 bits per heavy atom. The summed E-state index contributed by atoms with van der Waals surface area (Å²) in [5.41, 5.74) is 2.70. The molecule has 1 N–H and O–H groups in total. The van der Waals surface area contributed by atoms with E-state index in [9.17, 15) is 23.6 Å². The summed E-state index contributed by atoms with van der Waals surface area (Å²) in [6, 6.07) is 21.8. The Bertz CT molecular complexity index is 1650. The molecular formula is C29H22FN3O4S2. The number of anilines is 2. The van der Waals surface area contributed by atoms with Gasteiger partial charge < -0.3 is 5.32 Å². The highest BCUT2D eigenvalue weighted by molar-refractivity contribution is 8.00. The van der Waals surface area contributed by atoms with Crippen LogP contribution in [0.4, 0.5) is 15.8 Å². The molecule has 3 heterocycles. The highest BCUT2D eigenvalue weighted by Crippen LogP contribution is 2.53. The maximum absolute atomic E-state index is 13.8. The minimum Gasteiger partial charge on any atom is -0.325 e. The third-order valence-corrected chi connectivity index (χ3v) is 9.53.